The highest BCUT2D eigenvalue weighted by Crippen LogP contribution is 2.50. The second kappa shape index (κ2) is 7.48. The van der Waals surface area contributed by atoms with E-state index in [-0.39, 0.29) is 5.56 Å². The first-order valence-electron chi connectivity index (χ1n) is 8.11. The first-order valence-corrected chi connectivity index (χ1v) is 8.11. The Hall–Kier alpha value is -1.74. The zero-order valence-electron chi connectivity index (χ0n) is 14.1. The third-order valence-electron chi connectivity index (χ3n) is 4.29. The SMILES string of the molecule is CC=Cc1cc(C(O)(C(F)(F)F)C(F)(F)F)ccc1N1CCCNCC1. The smallest absolute Gasteiger partial charge is 0.370 e. The number of alkyl halides is 6. The summed E-state index contributed by atoms with van der Waals surface area (Å²) in [6.45, 7) is 4.26. The van der Waals surface area contributed by atoms with Gasteiger partial charge in [0.15, 0.2) is 0 Å². The van der Waals surface area contributed by atoms with E-state index in [9.17, 15) is 31.4 Å². The van der Waals surface area contributed by atoms with E-state index in [4.69, 9.17) is 0 Å². The molecular formula is C17H20F6N2O. The van der Waals surface area contributed by atoms with E-state index >= 15 is 0 Å². The number of aliphatic hydroxyl groups is 1. The molecular weight excluding hydrogens is 362 g/mol. The van der Waals surface area contributed by atoms with Gasteiger partial charge in [-0.25, -0.2) is 0 Å². The lowest BCUT2D eigenvalue weighted by Gasteiger charge is -2.33. The van der Waals surface area contributed by atoms with Crippen molar-refractivity contribution in [2.45, 2.75) is 31.3 Å². The van der Waals surface area contributed by atoms with Crippen LogP contribution >= 0.6 is 0 Å². The molecule has 0 atom stereocenters. The van der Waals surface area contributed by atoms with Crippen LogP contribution in [0.15, 0.2) is 24.3 Å². The van der Waals surface area contributed by atoms with Gasteiger partial charge in [0.1, 0.15) is 0 Å². The second-order valence-corrected chi connectivity index (χ2v) is 6.07. The molecule has 2 rings (SSSR count). The number of nitrogens with one attached hydrogen (secondary N) is 1. The van der Waals surface area contributed by atoms with Crippen molar-refractivity contribution < 1.29 is 31.4 Å². The number of anilines is 1. The van der Waals surface area contributed by atoms with Gasteiger partial charge in [0, 0.05) is 30.9 Å². The maximum atomic E-state index is 13.1. The second-order valence-electron chi connectivity index (χ2n) is 6.07. The average molecular weight is 382 g/mol. The molecule has 146 valence electrons. The highest BCUT2D eigenvalue weighted by atomic mass is 19.4. The molecule has 0 saturated carbocycles. The van der Waals surface area contributed by atoms with Crippen LogP contribution in [0.3, 0.4) is 0 Å². The summed E-state index contributed by atoms with van der Waals surface area (Å²) >= 11 is 0. The zero-order valence-corrected chi connectivity index (χ0v) is 14.1. The van der Waals surface area contributed by atoms with Gasteiger partial charge in [-0.2, -0.15) is 26.3 Å². The molecule has 3 nitrogen and oxygen atoms in total. The summed E-state index contributed by atoms with van der Waals surface area (Å²) in [5, 5.41) is 12.8. The van der Waals surface area contributed by atoms with Crippen LogP contribution in [0.25, 0.3) is 6.08 Å². The Morgan fingerprint density at radius 1 is 1.04 bits per heavy atom. The van der Waals surface area contributed by atoms with Crippen LogP contribution < -0.4 is 10.2 Å². The van der Waals surface area contributed by atoms with Crippen molar-refractivity contribution >= 4 is 11.8 Å². The van der Waals surface area contributed by atoms with Crippen LogP contribution in [0, 0.1) is 0 Å². The van der Waals surface area contributed by atoms with Crippen molar-refractivity contribution in [2.75, 3.05) is 31.1 Å². The normalized spacial score (nSPS) is 17.6. The molecule has 0 radical (unpaired) electrons. The van der Waals surface area contributed by atoms with Gasteiger partial charge in [0.25, 0.3) is 5.60 Å². The molecule has 1 heterocycles. The summed E-state index contributed by atoms with van der Waals surface area (Å²) in [5.41, 5.74) is -5.45. The van der Waals surface area contributed by atoms with E-state index in [0.29, 0.717) is 31.4 Å². The summed E-state index contributed by atoms with van der Waals surface area (Å²) in [6, 6.07) is 2.66. The van der Waals surface area contributed by atoms with E-state index in [1.165, 1.54) is 18.2 Å². The van der Waals surface area contributed by atoms with Gasteiger partial charge in [0.05, 0.1) is 0 Å². The Bertz CT molecular complexity index is 632. The van der Waals surface area contributed by atoms with Gasteiger partial charge in [-0.1, -0.05) is 18.2 Å². The first kappa shape index (κ1) is 20.6. The van der Waals surface area contributed by atoms with Crippen LogP contribution in [-0.4, -0.2) is 43.6 Å². The monoisotopic (exact) mass is 382 g/mol. The molecule has 1 aromatic carbocycles. The Kier molecular flexibility index (Phi) is 5.92. The van der Waals surface area contributed by atoms with E-state index in [0.717, 1.165) is 19.0 Å². The maximum Gasteiger partial charge on any atom is 0.430 e. The van der Waals surface area contributed by atoms with Gasteiger partial charge in [-0.3, -0.25) is 0 Å². The molecule has 9 heteroatoms. The van der Waals surface area contributed by atoms with Gasteiger partial charge >= 0.3 is 12.4 Å². The average Bonchev–Trinajstić information content (AvgIpc) is 2.81. The van der Waals surface area contributed by atoms with Crippen molar-refractivity contribution in [1.29, 1.82) is 0 Å². The summed E-state index contributed by atoms with van der Waals surface area (Å²) in [6.07, 6.45) is -8.03. The minimum Gasteiger partial charge on any atom is -0.370 e. The molecule has 0 aliphatic carbocycles. The lowest BCUT2D eigenvalue weighted by atomic mass is 9.90. The largest absolute Gasteiger partial charge is 0.430 e. The van der Waals surface area contributed by atoms with Crippen LogP contribution in [0.1, 0.15) is 24.5 Å². The molecule has 1 saturated heterocycles. The van der Waals surface area contributed by atoms with Crippen LogP contribution in [0.2, 0.25) is 0 Å². The highest BCUT2D eigenvalue weighted by molar-refractivity contribution is 5.69. The van der Waals surface area contributed by atoms with Crippen LogP contribution in [0.5, 0.6) is 0 Å². The van der Waals surface area contributed by atoms with Gasteiger partial charge in [0.2, 0.25) is 0 Å². The Morgan fingerprint density at radius 2 is 1.69 bits per heavy atom. The number of hydrogen-bond donors (Lipinski definition) is 2. The third kappa shape index (κ3) is 3.83. The predicted octanol–water partition coefficient (Wildman–Crippen LogP) is 3.83. The maximum absolute atomic E-state index is 13.1. The van der Waals surface area contributed by atoms with Crippen molar-refractivity contribution in [3.63, 3.8) is 0 Å². The minimum absolute atomic E-state index is 0.193. The summed E-state index contributed by atoms with van der Waals surface area (Å²) in [7, 11) is 0. The van der Waals surface area contributed by atoms with E-state index in [2.05, 4.69) is 5.32 Å². The molecule has 1 fully saturated rings. The fourth-order valence-corrected chi connectivity index (χ4v) is 2.96. The van der Waals surface area contributed by atoms with Gasteiger partial charge < -0.3 is 15.3 Å². The number of allylic oxidation sites excluding steroid dienone is 1. The molecule has 0 amide bonds. The molecule has 2 N–H and O–H groups in total. The number of hydrogen-bond acceptors (Lipinski definition) is 3. The van der Waals surface area contributed by atoms with Crippen LogP contribution in [0.4, 0.5) is 32.0 Å². The molecule has 1 aliphatic heterocycles. The molecule has 26 heavy (non-hydrogen) atoms. The quantitative estimate of drug-likeness (QED) is 0.780. The molecule has 0 aromatic heterocycles. The first-order chi connectivity index (χ1) is 12.0. The summed E-state index contributed by atoms with van der Waals surface area (Å²) in [4.78, 5) is 1.90. The summed E-state index contributed by atoms with van der Waals surface area (Å²) in [5.74, 6) is 0. The van der Waals surface area contributed by atoms with E-state index < -0.39 is 23.5 Å². The Balaban J connectivity index is 2.56. The lowest BCUT2D eigenvalue weighted by Crippen LogP contribution is -2.54. The van der Waals surface area contributed by atoms with Crippen molar-refractivity contribution in [1.82, 2.24) is 5.32 Å². The van der Waals surface area contributed by atoms with Crippen molar-refractivity contribution in [3.8, 4) is 0 Å². The highest BCUT2D eigenvalue weighted by Gasteiger charge is 2.71. The molecule has 1 aromatic rings. The molecule has 1 aliphatic rings. The lowest BCUT2D eigenvalue weighted by molar-refractivity contribution is -0.376. The molecule has 0 bridgehead atoms. The van der Waals surface area contributed by atoms with Crippen molar-refractivity contribution in [2.24, 2.45) is 0 Å². The van der Waals surface area contributed by atoms with Crippen molar-refractivity contribution in [3.05, 3.63) is 35.4 Å². The minimum atomic E-state index is -5.90. The topological polar surface area (TPSA) is 35.5 Å². The standard InChI is InChI=1S/C17H20F6N2O/c1-2-4-12-11-13(15(26,16(18,19)20)17(21,22)23)5-6-14(12)25-9-3-7-24-8-10-25/h2,4-6,11,24,26H,3,7-10H2,1H3. The predicted molar refractivity (Wildman–Crippen MR) is 86.9 cm³/mol. The van der Waals surface area contributed by atoms with Crippen LogP contribution in [-0.2, 0) is 5.60 Å². The zero-order chi connectivity index (χ0) is 19.6. The van der Waals surface area contributed by atoms with E-state index in [1.54, 1.807) is 6.92 Å². The fraction of sp³-hybridized carbons (Fsp3) is 0.529. The summed E-state index contributed by atoms with van der Waals surface area (Å²) < 4.78 is 78.6. The number of halogens is 6. The number of nitrogens with zero attached hydrogens (tertiary/aromatic N) is 1. The Labute approximate surface area is 147 Å². The van der Waals surface area contributed by atoms with E-state index in [1.807, 2.05) is 4.90 Å². The number of rotatable bonds is 3. The third-order valence-corrected chi connectivity index (χ3v) is 4.29. The van der Waals surface area contributed by atoms with Gasteiger partial charge in [-0.05, 0) is 37.6 Å². The van der Waals surface area contributed by atoms with Gasteiger partial charge in [-0.15, -0.1) is 0 Å². The molecule has 0 unspecified atom stereocenters. The fourth-order valence-electron chi connectivity index (χ4n) is 2.96. The number of benzene rings is 1. The Morgan fingerprint density at radius 3 is 2.27 bits per heavy atom. The molecule has 0 spiro atoms.